The van der Waals surface area contributed by atoms with Crippen molar-refractivity contribution in [3.8, 4) is 16.9 Å². The minimum atomic E-state index is -2.55. The van der Waals surface area contributed by atoms with Gasteiger partial charge in [0.2, 0.25) is 17.7 Å². The molecule has 0 fully saturated rings. The number of nitrogens with one attached hydrogen (secondary N) is 3. The molecule has 246 valence electrons. The molecule has 8 nitrogen and oxygen atoms in total. The fraction of sp³-hybridized carbons (Fsp3) is 0.0968. The number of amides is 3. The van der Waals surface area contributed by atoms with Gasteiger partial charge in [0, 0.05) is 17.2 Å². The van der Waals surface area contributed by atoms with E-state index >= 15 is 0 Å². The standard InChI is InChI=1S/C31H21F8N3O5/c1-12(2)30(45)40-11-17(44)42-29-26(38)22(34)19(23(35)27(29)39)18-20(32)24(36)28(25(37)21(18)33)41-16(43)10-7-14-5-8-15(9-6-14)47-31(46)13(3)4/h5-10H,1,3,11H2,2,4H3,(H,40,45)(H,41,43)(H,42,44)/b10-7+. The summed E-state index contributed by atoms with van der Waals surface area (Å²) in [5, 5.41) is 4.91. The van der Waals surface area contributed by atoms with E-state index < -0.39 is 99.3 Å². The SMILES string of the molecule is C=C(C)C(=O)NCC(=O)Nc1c(F)c(F)c(-c2c(F)c(F)c(NC(=O)/C=C/c3ccc(OC(=O)C(=C)C)cc3)c(F)c2F)c(F)c1F. The summed E-state index contributed by atoms with van der Waals surface area (Å²) < 4.78 is 124. The maximum absolute atomic E-state index is 15.0. The first kappa shape index (κ1) is 35.7. The number of halogens is 8. The molecule has 0 aliphatic heterocycles. The number of ether oxygens (including phenoxy) is 1. The molecule has 0 radical (unpaired) electrons. The first-order valence-electron chi connectivity index (χ1n) is 12.9. The molecule has 0 bridgehead atoms. The molecular formula is C31H21F8N3O5. The fourth-order valence-corrected chi connectivity index (χ4v) is 3.59. The second-order valence-corrected chi connectivity index (χ2v) is 9.58. The second kappa shape index (κ2) is 14.5. The van der Waals surface area contributed by atoms with Gasteiger partial charge in [-0.1, -0.05) is 25.3 Å². The Balaban J connectivity index is 1.90. The molecule has 0 spiro atoms. The van der Waals surface area contributed by atoms with Crippen molar-refractivity contribution in [3.05, 3.63) is 107 Å². The van der Waals surface area contributed by atoms with Crippen LogP contribution in [0, 0.1) is 46.5 Å². The molecule has 3 rings (SSSR count). The van der Waals surface area contributed by atoms with Gasteiger partial charge in [0.15, 0.2) is 46.5 Å². The third kappa shape index (κ3) is 7.89. The number of esters is 1. The smallest absolute Gasteiger partial charge is 0.338 e. The van der Waals surface area contributed by atoms with Gasteiger partial charge in [-0.2, -0.15) is 0 Å². The normalized spacial score (nSPS) is 10.9. The molecule has 3 amide bonds. The summed E-state index contributed by atoms with van der Waals surface area (Å²) in [4.78, 5) is 47.2. The molecule has 0 saturated carbocycles. The van der Waals surface area contributed by atoms with Crippen LogP contribution in [-0.4, -0.2) is 30.2 Å². The maximum atomic E-state index is 15.0. The van der Waals surface area contributed by atoms with Crippen molar-refractivity contribution in [1.29, 1.82) is 0 Å². The summed E-state index contributed by atoms with van der Waals surface area (Å²) >= 11 is 0. The van der Waals surface area contributed by atoms with E-state index in [1.807, 2.05) is 5.32 Å². The number of carbonyl (C=O) groups is 4. The highest BCUT2D eigenvalue weighted by atomic mass is 19.2. The maximum Gasteiger partial charge on any atom is 0.338 e. The highest BCUT2D eigenvalue weighted by Crippen LogP contribution is 2.40. The van der Waals surface area contributed by atoms with E-state index in [1.165, 1.54) is 48.7 Å². The molecule has 3 N–H and O–H groups in total. The average molecular weight is 668 g/mol. The number of benzene rings is 3. The van der Waals surface area contributed by atoms with Crippen molar-refractivity contribution in [2.24, 2.45) is 0 Å². The van der Waals surface area contributed by atoms with Crippen LogP contribution in [0.25, 0.3) is 17.2 Å². The van der Waals surface area contributed by atoms with Crippen LogP contribution in [0.2, 0.25) is 0 Å². The van der Waals surface area contributed by atoms with Gasteiger partial charge in [0.1, 0.15) is 17.1 Å². The van der Waals surface area contributed by atoms with Crippen molar-refractivity contribution >= 4 is 41.1 Å². The lowest BCUT2D eigenvalue weighted by Crippen LogP contribution is -2.33. The van der Waals surface area contributed by atoms with Crippen LogP contribution in [0.1, 0.15) is 19.4 Å². The zero-order valence-corrected chi connectivity index (χ0v) is 24.2. The molecule has 0 atom stereocenters. The van der Waals surface area contributed by atoms with E-state index in [-0.39, 0.29) is 22.5 Å². The minimum Gasteiger partial charge on any atom is -0.423 e. The third-order valence-corrected chi connectivity index (χ3v) is 5.95. The highest BCUT2D eigenvalue weighted by Gasteiger charge is 2.35. The van der Waals surface area contributed by atoms with Gasteiger partial charge in [-0.15, -0.1) is 0 Å². The molecule has 0 heterocycles. The van der Waals surface area contributed by atoms with Crippen LogP contribution >= 0.6 is 0 Å². The first-order chi connectivity index (χ1) is 22.0. The zero-order valence-electron chi connectivity index (χ0n) is 24.2. The van der Waals surface area contributed by atoms with E-state index in [0.29, 0.717) is 6.08 Å². The molecule has 0 aliphatic rings. The minimum absolute atomic E-state index is 0.0607. The molecule has 16 heteroatoms. The van der Waals surface area contributed by atoms with Crippen molar-refractivity contribution < 1.29 is 59.0 Å². The molecule has 3 aromatic carbocycles. The lowest BCUT2D eigenvalue weighted by molar-refractivity contribution is -0.130. The van der Waals surface area contributed by atoms with E-state index in [2.05, 4.69) is 13.2 Å². The van der Waals surface area contributed by atoms with Crippen LogP contribution in [-0.2, 0) is 19.2 Å². The number of rotatable bonds is 10. The molecule has 3 aromatic rings. The summed E-state index contributed by atoms with van der Waals surface area (Å²) in [6, 6.07) is 5.38. The van der Waals surface area contributed by atoms with Gasteiger partial charge in [-0.3, -0.25) is 14.4 Å². The lowest BCUT2D eigenvalue weighted by atomic mass is 10.00. The monoisotopic (exact) mass is 667 g/mol. The lowest BCUT2D eigenvalue weighted by Gasteiger charge is -2.16. The Labute approximate surface area is 260 Å². The van der Waals surface area contributed by atoms with Gasteiger partial charge >= 0.3 is 5.97 Å². The quantitative estimate of drug-likeness (QED) is 0.0781. The fourth-order valence-electron chi connectivity index (χ4n) is 3.59. The van der Waals surface area contributed by atoms with Gasteiger partial charge in [0.05, 0.1) is 17.7 Å². The van der Waals surface area contributed by atoms with Gasteiger partial charge in [0.25, 0.3) is 0 Å². The molecule has 47 heavy (non-hydrogen) atoms. The Morgan fingerprint density at radius 2 is 1.13 bits per heavy atom. The number of hydrogen-bond donors (Lipinski definition) is 3. The number of carbonyl (C=O) groups excluding carboxylic acids is 4. The van der Waals surface area contributed by atoms with Gasteiger partial charge < -0.3 is 20.7 Å². The Morgan fingerprint density at radius 3 is 1.55 bits per heavy atom. The van der Waals surface area contributed by atoms with Crippen molar-refractivity contribution in [2.45, 2.75) is 13.8 Å². The third-order valence-electron chi connectivity index (χ3n) is 5.95. The highest BCUT2D eigenvalue weighted by molar-refractivity contribution is 6.02. The Kier molecular flexibility index (Phi) is 11.0. The average Bonchev–Trinajstić information content (AvgIpc) is 3.03. The van der Waals surface area contributed by atoms with Crippen molar-refractivity contribution in [3.63, 3.8) is 0 Å². The predicted octanol–water partition coefficient (Wildman–Crippen LogP) is 6.23. The first-order valence-corrected chi connectivity index (χ1v) is 12.9. The van der Waals surface area contributed by atoms with Crippen molar-refractivity contribution in [2.75, 3.05) is 17.2 Å². The zero-order chi connectivity index (χ0) is 35.3. The van der Waals surface area contributed by atoms with E-state index in [1.54, 1.807) is 0 Å². The van der Waals surface area contributed by atoms with Gasteiger partial charge in [-0.05, 0) is 37.6 Å². The summed E-state index contributed by atoms with van der Waals surface area (Å²) in [6.45, 7) is 8.42. The topological polar surface area (TPSA) is 114 Å². The van der Waals surface area contributed by atoms with Crippen LogP contribution < -0.4 is 20.7 Å². The van der Waals surface area contributed by atoms with Crippen LogP contribution in [0.4, 0.5) is 46.5 Å². The molecule has 0 aromatic heterocycles. The summed E-state index contributed by atoms with van der Waals surface area (Å²) in [5.41, 5.74) is -7.59. The van der Waals surface area contributed by atoms with Crippen LogP contribution in [0.5, 0.6) is 5.75 Å². The summed E-state index contributed by atoms with van der Waals surface area (Å²) in [5.74, 6) is -24.0. The molecule has 0 saturated heterocycles. The van der Waals surface area contributed by atoms with E-state index in [9.17, 15) is 54.3 Å². The van der Waals surface area contributed by atoms with Crippen molar-refractivity contribution in [1.82, 2.24) is 5.32 Å². The van der Waals surface area contributed by atoms with Crippen LogP contribution in [0.15, 0.2) is 54.6 Å². The van der Waals surface area contributed by atoms with E-state index in [0.717, 1.165) is 6.08 Å². The summed E-state index contributed by atoms with van der Waals surface area (Å²) in [7, 11) is 0. The molecule has 0 unspecified atom stereocenters. The molecule has 0 aliphatic carbocycles. The van der Waals surface area contributed by atoms with Crippen LogP contribution in [0.3, 0.4) is 0 Å². The number of hydrogen-bond acceptors (Lipinski definition) is 5. The number of anilines is 2. The second-order valence-electron chi connectivity index (χ2n) is 9.58. The Hall–Kier alpha value is -5.80. The predicted molar refractivity (Wildman–Crippen MR) is 153 cm³/mol. The molecular weight excluding hydrogens is 646 g/mol. The largest absolute Gasteiger partial charge is 0.423 e. The van der Waals surface area contributed by atoms with Gasteiger partial charge in [-0.25, -0.2) is 39.9 Å². The van der Waals surface area contributed by atoms with E-state index in [4.69, 9.17) is 4.74 Å². The Bertz CT molecular complexity index is 1820. The summed E-state index contributed by atoms with van der Waals surface area (Å²) in [6.07, 6.45) is 1.76. The Morgan fingerprint density at radius 1 is 0.681 bits per heavy atom.